The van der Waals surface area contributed by atoms with Crippen LogP contribution in [0.25, 0.3) is 0 Å². The normalized spacial score (nSPS) is 15.5. The van der Waals surface area contributed by atoms with Gasteiger partial charge in [0.2, 0.25) is 10.0 Å². The molecular formula is C19H32IN5O5S. The number of aliphatic imine (C=N–C) groups is 1. The molecule has 1 aliphatic rings. The Morgan fingerprint density at radius 3 is 2.61 bits per heavy atom. The smallest absolute Gasteiger partial charge is 0.270 e. The summed E-state index contributed by atoms with van der Waals surface area (Å²) in [6.45, 7) is 4.52. The number of halogens is 1. The largest absolute Gasteiger partial charge is 0.385 e. The van der Waals surface area contributed by atoms with Crippen LogP contribution >= 0.6 is 24.0 Å². The average molecular weight is 569 g/mol. The molecule has 10 nitrogen and oxygen atoms in total. The summed E-state index contributed by atoms with van der Waals surface area (Å²) in [5, 5.41) is 17.1. The highest BCUT2D eigenvalue weighted by Gasteiger charge is 2.36. The lowest BCUT2D eigenvalue weighted by molar-refractivity contribution is -0.385. The van der Waals surface area contributed by atoms with Gasteiger partial charge >= 0.3 is 0 Å². The van der Waals surface area contributed by atoms with E-state index >= 15 is 0 Å². The van der Waals surface area contributed by atoms with Crippen LogP contribution in [0, 0.1) is 15.5 Å². The highest BCUT2D eigenvalue weighted by atomic mass is 127. The molecule has 0 spiro atoms. The molecule has 0 aromatic heterocycles. The minimum absolute atomic E-state index is 0. The second-order valence-corrected chi connectivity index (χ2v) is 9.14. The van der Waals surface area contributed by atoms with E-state index in [1.54, 1.807) is 7.11 Å². The summed E-state index contributed by atoms with van der Waals surface area (Å²) in [7, 11) is -2.13. The lowest BCUT2D eigenvalue weighted by Crippen LogP contribution is -2.43. The van der Waals surface area contributed by atoms with Crippen LogP contribution in [0.5, 0.6) is 0 Å². The standard InChI is InChI=1S/C19H31N5O5S.HI/c1-3-20-18(22-15-19(8-5-9-19)10-13-29-2)21-11-12-23-30(27,28)17-7-4-6-16(14-17)24(25)26;/h4,6-7,14,23H,3,5,8-13,15H2,1-2H3,(H2,20,21,22);1H. The van der Waals surface area contributed by atoms with Crippen LogP contribution in [0.4, 0.5) is 5.69 Å². The van der Waals surface area contributed by atoms with Gasteiger partial charge in [-0.2, -0.15) is 0 Å². The molecule has 0 heterocycles. The molecular weight excluding hydrogens is 537 g/mol. The fraction of sp³-hybridized carbons (Fsp3) is 0.632. The SMILES string of the molecule is CCNC(=NCC1(CCOC)CCC1)NCCNS(=O)(=O)c1cccc([N+](=O)[O-])c1.I. The van der Waals surface area contributed by atoms with Gasteiger partial charge in [-0.25, -0.2) is 13.1 Å². The van der Waals surface area contributed by atoms with Crippen molar-refractivity contribution in [3.8, 4) is 0 Å². The molecule has 1 aromatic rings. The van der Waals surface area contributed by atoms with Crippen LogP contribution in [-0.2, 0) is 14.8 Å². The van der Waals surface area contributed by atoms with Gasteiger partial charge in [0.15, 0.2) is 5.96 Å². The number of hydrogen-bond donors (Lipinski definition) is 3. The summed E-state index contributed by atoms with van der Waals surface area (Å²) in [4.78, 5) is 14.8. The Labute approximate surface area is 200 Å². The molecule has 1 fully saturated rings. The second-order valence-electron chi connectivity index (χ2n) is 7.37. The number of benzene rings is 1. The molecule has 31 heavy (non-hydrogen) atoms. The summed E-state index contributed by atoms with van der Waals surface area (Å²) in [5.74, 6) is 0.635. The Morgan fingerprint density at radius 1 is 1.29 bits per heavy atom. The first kappa shape index (κ1) is 27.5. The number of nitrogens with zero attached hydrogens (tertiary/aromatic N) is 2. The van der Waals surface area contributed by atoms with Gasteiger partial charge in [-0.3, -0.25) is 15.1 Å². The zero-order valence-corrected chi connectivity index (χ0v) is 21.1. The Hall–Kier alpha value is -1.51. The molecule has 0 radical (unpaired) electrons. The topological polar surface area (TPSA) is 135 Å². The maximum absolute atomic E-state index is 12.4. The van der Waals surface area contributed by atoms with Gasteiger partial charge in [-0.05, 0) is 37.7 Å². The van der Waals surface area contributed by atoms with Crippen molar-refractivity contribution in [3.05, 3.63) is 34.4 Å². The number of sulfonamides is 1. The lowest BCUT2D eigenvalue weighted by atomic mass is 9.67. The third-order valence-corrected chi connectivity index (χ3v) is 6.67. The summed E-state index contributed by atoms with van der Waals surface area (Å²) < 4.78 is 32.4. The summed E-state index contributed by atoms with van der Waals surface area (Å²) >= 11 is 0. The highest BCUT2D eigenvalue weighted by Crippen LogP contribution is 2.44. The molecule has 0 atom stereocenters. The second kappa shape index (κ2) is 13.1. The molecule has 2 rings (SSSR count). The number of nitrogens with one attached hydrogen (secondary N) is 3. The molecule has 1 saturated carbocycles. The predicted molar refractivity (Wildman–Crippen MR) is 130 cm³/mol. The minimum Gasteiger partial charge on any atom is -0.385 e. The molecule has 3 N–H and O–H groups in total. The van der Waals surface area contributed by atoms with Gasteiger partial charge in [0.1, 0.15) is 0 Å². The van der Waals surface area contributed by atoms with E-state index in [-0.39, 0.29) is 46.5 Å². The van der Waals surface area contributed by atoms with Crippen LogP contribution in [0.1, 0.15) is 32.6 Å². The first-order valence-electron chi connectivity index (χ1n) is 10.1. The van der Waals surface area contributed by atoms with E-state index < -0.39 is 14.9 Å². The minimum atomic E-state index is -3.84. The van der Waals surface area contributed by atoms with E-state index in [4.69, 9.17) is 4.74 Å². The Balaban J connectivity index is 0.00000480. The van der Waals surface area contributed by atoms with Gasteiger partial charge in [0.25, 0.3) is 5.69 Å². The first-order chi connectivity index (χ1) is 14.3. The number of nitro benzene ring substituents is 1. The molecule has 1 aromatic carbocycles. The predicted octanol–water partition coefficient (Wildman–Crippen LogP) is 2.25. The number of non-ortho nitro benzene ring substituents is 1. The van der Waals surface area contributed by atoms with Crippen LogP contribution in [-0.4, -0.2) is 59.2 Å². The fourth-order valence-electron chi connectivity index (χ4n) is 3.28. The van der Waals surface area contributed by atoms with Crippen LogP contribution < -0.4 is 15.4 Å². The third kappa shape index (κ3) is 8.50. The molecule has 1 aliphatic carbocycles. The van der Waals surface area contributed by atoms with Gasteiger partial charge < -0.3 is 15.4 Å². The Morgan fingerprint density at radius 2 is 2.03 bits per heavy atom. The summed E-state index contributed by atoms with van der Waals surface area (Å²) in [5.41, 5.74) is -0.0712. The van der Waals surface area contributed by atoms with Crippen molar-refractivity contribution < 1.29 is 18.1 Å². The number of nitro groups is 1. The third-order valence-electron chi connectivity index (χ3n) is 5.22. The molecule has 0 unspecified atom stereocenters. The van der Waals surface area contributed by atoms with Crippen LogP contribution in [0.15, 0.2) is 34.2 Å². The molecule has 0 bridgehead atoms. The molecule has 176 valence electrons. The zero-order chi connectivity index (χ0) is 22.0. The maximum atomic E-state index is 12.4. The average Bonchev–Trinajstić information content (AvgIpc) is 2.70. The molecule has 0 aliphatic heterocycles. The molecule has 0 saturated heterocycles. The van der Waals surface area contributed by atoms with Crippen molar-refractivity contribution >= 4 is 45.6 Å². The van der Waals surface area contributed by atoms with Crippen molar-refractivity contribution in [1.82, 2.24) is 15.4 Å². The van der Waals surface area contributed by atoms with Gasteiger partial charge in [0, 0.05) is 52.0 Å². The van der Waals surface area contributed by atoms with E-state index in [1.807, 2.05) is 6.92 Å². The fourth-order valence-corrected chi connectivity index (χ4v) is 4.36. The summed E-state index contributed by atoms with van der Waals surface area (Å²) in [6.07, 6.45) is 4.47. The summed E-state index contributed by atoms with van der Waals surface area (Å²) in [6, 6.07) is 4.97. The van der Waals surface area contributed by atoms with Crippen molar-refractivity contribution in [3.63, 3.8) is 0 Å². The van der Waals surface area contributed by atoms with Gasteiger partial charge in [-0.15, -0.1) is 24.0 Å². The lowest BCUT2D eigenvalue weighted by Gasteiger charge is -2.40. The zero-order valence-electron chi connectivity index (χ0n) is 17.9. The quantitative estimate of drug-likeness (QED) is 0.0878. The van der Waals surface area contributed by atoms with E-state index in [9.17, 15) is 18.5 Å². The highest BCUT2D eigenvalue weighted by molar-refractivity contribution is 14.0. The number of ether oxygens (including phenoxy) is 1. The van der Waals surface area contributed by atoms with E-state index in [0.29, 0.717) is 25.6 Å². The van der Waals surface area contributed by atoms with Crippen LogP contribution in [0.3, 0.4) is 0 Å². The molecule has 0 amide bonds. The van der Waals surface area contributed by atoms with Crippen molar-refractivity contribution in [2.75, 3.05) is 39.9 Å². The maximum Gasteiger partial charge on any atom is 0.270 e. The molecule has 12 heteroatoms. The number of guanidine groups is 1. The van der Waals surface area contributed by atoms with E-state index in [2.05, 4.69) is 20.3 Å². The van der Waals surface area contributed by atoms with Gasteiger partial charge in [0.05, 0.1) is 9.82 Å². The van der Waals surface area contributed by atoms with Crippen molar-refractivity contribution in [2.45, 2.75) is 37.5 Å². The van der Waals surface area contributed by atoms with E-state index in [1.165, 1.54) is 24.6 Å². The Bertz CT molecular complexity index is 846. The van der Waals surface area contributed by atoms with Crippen LogP contribution in [0.2, 0.25) is 0 Å². The first-order valence-corrected chi connectivity index (χ1v) is 11.6. The van der Waals surface area contributed by atoms with Crippen molar-refractivity contribution in [2.24, 2.45) is 10.4 Å². The van der Waals surface area contributed by atoms with E-state index in [0.717, 1.165) is 31.9 Å². The number of hydrogen-bond acceptors (Lipinski definition) is 6. The number of methoxy groups -OCH3 is 1. The van der Waals surface area contributed by atoms with Gasteiger partial charge in [-0.1, -0.05) is 12.5 Å². The number of rotatable bonds is 12. The Kier molecular flexibility index (Phi) is 11.7. The monoisotopic (exact) mass is 569 g/mol. The van der Waals surface area contributed by atoms with Crippen molar-refractivity contribution in [1.29, 1.82) is 0 Å².